The van der Waals surface area contributed by atoms with Gasteiger partial charge in [-0.25, -0.2) is 0 Å². The molecule has 0 radical (unpaired) electrons. The number of anilines is 1. The number of hydrogen-bond acceptors (Lipinski definition) is 2. The molecule has 1 aromatic heterocycles. The normalized spacial score (nSPS) is 10.4. The van der Waals surface area contributed by atoms with Crippen LogP contribution in [0.2, 0.25) is 5.02 Å². The van der Waals surface area contributed by atoms with E-state index >= 15 is 0 Å². The lowest BCUT2D eigenvalue weighted by Gasteiger charge is -2.08. The fourth-order valence-electron chi connectivity index (χ4n) is 1.61. The smallest absolute Gasteiger partial charge is 0.199 e. The largest absolute Gasteiger partial charge is 0.618 e. The molecule has 2 aromatic rings. The van der Waals surface area contributed by atoms with E-state index in [1.165, 1.54) is 6.20 Å². The Bertz CT molecular complexity index is 523. The van der Waals surface area contributed by atoms with Gasteiger partial charge in [0.25, 0.3) is 0 Å². The minimum Gasteiger partial charge on any atom is -0.618 e. The van der Waals surface area contributed by atoms with Crippen LogP contribution in [0.15, 0.2) is 36.5 Å². The summed E-state index contributed by atoms with van der Waals surface area (Å²) in [4.78, 5) is 0. The minimum absolute atomic E-state index is 0.564. The molecule has 0 unspecified atom stereocenters. The Kier molecular flexibility index (Phi) is 2.71. The van der Waals surface area contributed by atoms with Crippen molar-refractivity contribution in [1.29, 1.82) is 0 Å². The van der Waals surface area contributed by atoms with Crippen LogP contribution in [0.5, 0.6) is 0 Å². The molecule has 0 aliphatic carbocycles. The molecule has 0 amide bonds. The first kappa shape index (κ1) is 10.8. The van der Waals surface area contributed by atoms with Crippen LogP contribution in [0.3, 0.4) is 0 Å². The van der Waals surface area contributed by atoms with Gasteiger partial charge in [0.1, 0.15) is 0 Å². The highest BCUT2D eigenvalue weighted by atomic mass is 35.5. The summed E-state index contributed by atoms with van der Waals surface area (Å²) in [6.45, 7) is 1.74. The summed E-state index contributed by atoms with van der Waals surface area (Å²) in [6.07, 6.45) is 1.40. The quantitative estimate of drug-likeness (QED) is 0.468. The van der Waals surface area contributed by atoms with Crippen molar-refractivity contribution in [2.45, 2.75) is 6.92 Å². The van der Waals surface area contributed by atoms with Gasteiger partial charge in [0.15, 0.2) is 11.9 Å². The van der Waals surface area contributed by atoms with E-state index < -0.39 is 0 Å². The zero-order valence-corrected chi connectivity index (χ0v) is 9.53. The summed E-state index contributed by atoms with van der Waals surface area (Å²) in [5, 5.41) is 12.0. The van der Waals surface area contributed by atoms with Gasteiger partial charge >= 0.3 is 0 Å². The molecule has 3 nitrogen and oxygen atoms in total. The van der Waals surface area contributed by atoms with Crippen molar-refractivity contribution in [2.75, 3.05) is 5.73 Å². The van der Waals surface area contributed by atoms with Gasteiger partial charge in [-0.15, -0.1) is 0 Å². The van der Waals surface area contributed by atoms with E-state index in [1.807, 2.05) is 12.1 Å². The molecule has 1 aromatic carbocycles. The van der Waals surface area contributed by atoms with E-state index in [1.54, 1.807) is 25.1 Å². The lowest BCUT2D eigenvalue weighted by molar-refractivity contribution is -0.611. The SMILES string of the molecule is Cc1c(-c2ccc(N)cc2)c(Cl)cc[n+]1[O-]. The first-order chi connectivity index (χ1) is 7.59. The van der Waals surface area contributed by atoms with Crippen molar-refractivity contribution < 1.29 is 4.73 Å². The molecule has 1 heterocycles. The molecule has 0 spiro atoms. The maximum absolute atomic E-state index is 11.5. The van der Waals surface area contributed by atoms with Crippen LogP contribution in [0.1, 0.15) is 5.69 Å². The second-order valence-corrected chi connectivity index (χ2v) is 3.98. The Balaban J connectivity index is 2.63. The van der Waals surface area contributed by atoms with Gasteiger partial charge in [-0.3, -0.25) is 0 Å². The average Bonchev–Trinajstić information content (AvgIpc) is 2.27. The van der Waals surface area contributed by atoms with E-state index in [4.69, 9.17) is 17.3 Å². The van der Waals surface area contributed by atoms with Gasteiger partial charge in [0.2, 0.25) is 0 Å². The Morgan fingerprint density at radius 1 is 1.19 bits per heavy atom. The number of benzene rings is 1. The highest BCUT2D eigenvalue weighted by Crippen LogP contribution is 2.29. The number of aromatic nitrogens is 1. The van der Waals surface area contributed by atoms with Crippen molar-refractivity contribution in [3.05, 3.63) is 52.5 Å². The zero-order chi connectivity index (χ0) is 11.7. The molecular formula is C12H11ClN2O. The minimum atomic E-state index is 0.564. The van der Waals surface area contributed by atoms with Crippen molar-refractivity contribution >= 4 is 17.3 Å². The average molecular weight is 235 g/mol. The lowest BCUT2D eigenvalue weighted by Crippen LogP contribution is -2.29. The molecule has 0 fully saturated rings. The summed E-state index contributed by atoms with van der Waals surface area (Å²) < 4.78 is 0.803. The third kappa shape index (κ3) is 1.82. The first-order valence-electron chi connectivity index (χ1n) is 4.84. The summed E-state index contributed by atoms with van der Waals surface area (Å²) in [5.74, 6) is 0. The number of nitrogens with two attached hydrogens (primary N) is 1. The van der Waals surface area contributed by atoms with Gasteiger partial charge in [-0.1, -0.05) is 23.7 Å². The van der Waals surface area contributed by atoms with Crippen molar-refractivity contribution in [3.63, 3.8) is 0 Å². The van der Waals surface area contributed by atoms with Crippen LogP contribution in [0, 0.1) is 12.1 Å². The maximum atomic E-state index is 11.5. The Morgan fingerprint density at radius 2 is 1.81 bits per heavy atom. The molecule has 2 N–H and O–H groups in total. The summed E-state index contributed by atoms with van der Waals surface area (Å²) in [7, 11) is 0. The predicted molar refractivity (Wildman–Crippen MR) is 65.0 cm³/mol. The summed E-state index contributed by atoms with van der Waals surface area (Å²) in [6, 6.07) is 8.86. The van der Waals surface area contributed by atoms with E-state index in [-0.39, 0.29) is 0 Å². The number of nitrogen functional groups attached to an aromatic ring is 1. The number of nitrogens with zero attached hydrogens (tertiary/aromatic N) is 1. The van der Waals surface area contributed by atoms with E-state index in [0.29, 0.717) is 16.4 Å². The summed E-state index contributed by atoms with van der Waals surface area (Å²) in [5.41, 5.74) is 8.52. The van der Waals surface area contributed by atoms with Gasteiger partial charge in [0.05, 0.1) is 10.6 Å². The third-order valence-corrected chi connectivity index (χ3v) is 2.80. The molecule has 4 heteroatoms. The fraction of sp³-hybridized carbons (Fsp3) is 0.0833. The van der Waals surface area contributed by atoms with Crippen LogP contribution in [-0.4, -0.2) is 0 Å². The van der Waals surface area contributed by atoms with Crippen LogP contribution in [-0.2, 0) is 0 Å². The first-order valence-corrected chi connectivity index (χ1v) is 5.21. The molecular weight excluding hydrogens is 224 g/mol. The van der Waals surface area contributed by atoms with E-state index in [2.05, 4.69) is 0 Å². The highest BCUT2D eigenvalue weighted by Gasteiger charge is 2.13. The number of pyridine rings is 1. The highest BCUT2D eigenvalue weighted by molar-refractivity contribution is 6.33. The van der Waals surface area contributed by atoms with Gasteiger partial charge in [-0.2, -0.15) is 4.73 Å². The Hall–Kier alpha value is -1.74. The van der Waals surface area contributed by atoms with Crippen LogP contribution >= 0.6 is 11.6 Å². The standard InChI is InChI=1S/C12H11ClN2O/c1-8-12(11(13)6-7-15(8)16)9-2-4-10(14)5-3-9/h2-7H,14H2,1H3. The lowest BCUT2D eigenvalue weighted by atomic mass is 10.0. The Morgan fingerprint density at radius 3 is 2.44 bits per heavy atom. The maximum Gasteiger partial charge on any atom is 0.199 e. The molecule has 16 heavy (non-hydrogen) atoms. The van der Waals surface area contributed by atoms with Gasteiger partial charge in [-0.05, 0) is 17.7 Å². The molecule has 82 valence electrons. The topological polar surface area (TPSA) is 53.0 Å². The predicted octanol–water partition coefficient (Wildman–Crippen LogP) is 2.53. The Labute approximate surface area is 98.7 Å². The number of hydrogen-bond donors (Lipinski definition) is 1. The molecule has 0 saturated heterocycles. The third-order valence-electron chi connectivity index (χ3n) is 2.49. The molecule has 0 aliphatic rings. The van der Waals surface area contributed by atoms with Crippen LogP contribution < -0.4 is 10.5 Å². The van der Waals surface area contributed by atoms with E-state index in [9.17, 15) is 5.21 Å². The monoisotopic (exact) mass is 234 g/mol. The molecule has 0 aliphatic heterocycles. The number of rotatable bonds is 1. The summed E-state index contributed by atoms with van der Waals surface area (Å²) >= 11 is 6.09. The fourth-order valence-corrected chi connectivity index (χ4v) is 1.91. The second-order valence-electron chi connectivity index (χ2n) is 3.57. The van der Waals surface area contributed by atoms with Crippen molar-refractivity contribution in [1.82, 2.24) is 0 Å². The van der Waals surface area contributed by atoms with Crippen LogP contribution in [0.25, 0.3) is 11.1 Å². The van der Waals surface area contributed by atoms with Crippen LogP contribution in [0.4, 0.5) is 5.69 Å². The molecule has 2 rings (SSSR count). The second kappa shape index (κ2) is 4.02. The van der Waals surface area contributed by atoms with Gasteiger partial charge in [0, 0.05) is 18.7 Å². The van der Waals surface area contributed by atoms with E-state index in [0.717, 1.165) is 15.9 Å². The van der Waals surface area contributed by atoms with Crippen molar-refractivity contribution in [2.24, 2.45) is 0 Å². The van der Waals surface area contributed by atoms with Crippen molar-refractivity contribution in [3.8, 4) is 11.1 Å². The molecule has 0 saturated carbocycles. The van der Waals surface area contributed by atoms with Gasteiger partial charge < -0.3 is 10.9 Å². The number of halogens is 1. The molecule has 0 atom stereocenters. The zero-order valence-electron chi connectivity index (χ0n) is 8.77. The molecule has 0 bridgehead atoms.